The predicted octanol–water partition coefficient (Wildman–Crippen LogP) is 2.24. The van der Waals surface area contributed by atoms with E-state index in [1.54, 1.807) is 47.4 Å². The molecule has 0 bridgehead atoms. The molecule has 0 atom stereocenters. The Kier molecular flexibility index (Phi) is 5.78. The van der Waals surface area contributed by atoms with Crippen LogP contribution in [0.5, 0.6) is 5.75 Å². The van der Waals surface area contributed by atoms with Crippen LogP contribution in [-0.2, 0) is 11.3 Å². The van der Waals surface area contributed by atoms with E-state index in [2.05, 4.69) is 10.6 Å². The molecule has 0 spiro atoms. The van der Waals surface area contributed by atoms with Gasteiger partial charge in [0, 0.05) is 36.8 Å². The number of primary amides is 1. The van der Waals surface area contributed by atoms with Crippen molar-refractivity contribution in [1.29, 1.82) is 0 Å². The molecule has 8 nitrogen and oxygen atoms in total. The van der Waals surface area contributed by atoms with Crippen LogP contribution in [0.2, 0.25) is 0 Å². The molecule has 0 radical (unpaired) electrons. The molecule has 2 aromatic rings. The van der Waals surface area contributed by atoms with Crippen molar-refractivity contribution in [1.82, 2.24) is 5.32 Å². The Hall–Kier alpha value is -3.55. The van der Waals surface area contributed by atoms with Crippen molar-refractivity contribution in [3.63, 3.8) is 0 Å². The molecule has 0 aromatic heterocycles. The number of amides is 4. The van der Waals surface area contributed by atoms with Gasteiger partial charge >= 0.3 is 6.03 Å². The molecule has 146 valence electrons. The topological polar surface area (TPSA) is 114 Å². The highest BCUT2D eigenvalue weighted by Crippen LogP contribution is 2.33. The van der Waals surface area contributed by atoms with E-state index in [0.29, 0.717) is 42.2 Å². The van der Waals surface area contributed by atoms with Crippen LogP contribution in [-0.4, -0.2) is 31.5 Å². The summed E-state index contributed by atoms with van der Waals surface area (Å²) in [6.07, 6.45) is 1.36. The van der Waals surface area contributed by atoms with Crippen molar-refractivity contribution >= 4 is 29.2 Å². The number of carbonyl (C=O) groups is 3. The van der Waals surface area contributed by atoms with E-state index in [0.717, 1.165) is 12.0 Å². The third-order valence-electron chi connectivity index (χ3n) is 4.48. The molecule has 1 heterocycles. The molecule has 1 aliphatic rings. The third-order valence-corrected chi connectivity index (χ3v) is 4.48. The SMILES string of the molecule is COc1cc(NC(=O)c2ccc(CNC(N)=O)cc2)ccc1N1CCCC1=O. The highest BCUT2D eigenvalue weighted by Gasteiger charge is 2.24. The number of nitrogens with zero attached hydrogens (tertiary/aromatic N) is 1. The summed E-state index contributed by atoms with van der Waals surface area (Å²) in [6, 6.07) is 11.4. The van der Waals surface area contributed by atoms with Crippen LogP contribution < -0.4 is 26.0 Å². The van der Waals surface area contributed by atoms with E-state index < -0.39 is 6.03 Å². The number of nitrogens with one attached hydrogen (secondary N) is 2. The van der Waals surface area contributed by atoms with Crippen molar-refractivity contribution in [2.75, 3.05) is 23.9 Å². The molecule has 8 heteroatoms. The number of hydrogen-bond donors (Lipinski definition) is 3. The second-order valence-corrected chi connectivity index (χ2v) is 6.40. The number of benzene rings is 2. The normalized spacial score (nSPS) is 13.3. The zero-order chi connectivity index (χ0) is 20.1. The second kappa shape index (κ2) is 8.43. The Morgan fingerprint density at radius 1 is 1.18 bits per heavy atom. The lowest BCUT2D eigenvalue weighted by Crippen LogP contribution is -2.28. The smallest absolute Gasteiger partial charge is 0.312 e. The summed E-state index contributed by atoms with van der Waals surface area (Å²) in [7, 11) is 1.53. The summed E-state index contributed by atoms with van der Waals surface area (Å²) in [4.78, 5) is 36.9. The molecule has 0 saturated carbocycles. The highest BCUT2D eigenvalue weighted by molar-refractivity contribution is 6.05. The molecule has 3 rings (SSSR count). The van der Waals surface area contributed by atoms with E-state index in [-0.39, 0.29) is 11.8 Å². The minimum absolute atomic E-state index is 0.0704. The van der Waals surface area contributed by atoms with Gasteiger partial charge in [-0.15, -0.1) is 0 Å². The molecule has 4 N–H and O–H groups in total. The molecule has 1 fully saturated rings. The number of hydrogen-bond acceptors (Lipinski definition) is 4. The Bertz CT molecular complexity index is 896. The summed E-state index contributed by atoms with van der Waals surface area (Å²) in [5, 5.41) is 5.31. The predicted molar refractivity (Wildman–Crippen MR) is 105 cm³/mol. The van der Waals surface area contributed by atoms with Gasteiger partial charge in [-0.2, -0.15) is 0 Å². The second-order valence-electron chi connectivity index (χ2n) is 6.40. The standard InChI is InChI=1S/C20H22N4O4/c1-28-17-11-15(8-9-16(17)24-10-2-3-18(24)25)23-19(26)14-6-4-13(5-7-14)12-22-20(21)27/h4-9,11H,2-3,10,12H2,1H3,(H,23,26)(H3,21,22,27). The lowest BCUT2D eigenvalue weighted by atomic mass is 10.1. The number of anilines is 2. The Labute approximate surface area is 162 Å². The average Bonchev–Trinajstić information content (AvgIpc) is 3.12. The number of nitrogens with two attached hydrogens (primary N) is 1. The van der Waals surface area contributed by atoms with Gasteiger partial charge in [-0.1, -0.05) is 12.1 Å². The average molecular weight is 382 g/mol. The van der Waals surface area contributed by atoms with Crippen LogP contribution in [0.3, 0.4) is 0 Å². The van der Waals surface area contributed by atoms with Crippen molar-refractivity contribution in [2.45, 2.75) is 19.4 Å². The van der Waals surface area contributed by atoms with Crippen molar-refractivity contribution in [3.8, 4) is 5.75 Å². The monoisotopic (exact) mass is 382 g/mol. The van der Waals surface area contributed by atoms with Crippen LogP contribution in [0.4, 0.5) is 16.2 Å². The van der Waals surface area contributed by atoms with Gasteiger partial charge in [0.15, 0.2) is 0 Å². The lowest BCUT2D eigenvalue weighted by Gasteiger charge is -2.19. The van der Waals surface area contributed by atoms with E-state index in [9.17, 15) is 14.4 Å². The van der Waals surface area contributed by atoms with Gasteiger partial charge in [0.1, 0.15) is 5.75 Å². The minimum Gasteiger partial charge on any atom is -0.494 e. The Balaban J connectivity index is 1.70. The first-order valence-electron chi connectivity index (χ1n) is 8.90. The Morgan fingerprint density at radius 2 is 1.93 bits per heavy atom. The number of urea groups is 1. The molecule has 2 aromatic carbocycles. The van der Waals surface area contributed by atoms with Gasteiger partial charge in [-0.3, -0.25) is 9.59 Å². The van der Waals surface area contributed by atoms with Crippen LogP contribution in [0, 0.1) is 0 Å². The maximum atomic E-state index is 12.5. The largest absolute Gasteiger partial charge is 0.494 e. The van der Waals surface area contributed by atoms with E-state index in [1.165, 1.54) is 7.11 Å². The zero-order valence-electron chi connectivity index (χ0n) is 15.5. The Morgan fingerprint density at radius 3 is 2.54 bits per heavy atom. The third kappa shape index (κ3) is 4.40. The van der Waals surface area contributed by atoms with Crippen LogP contribution in [0.1, 0.15) is 28.8 Å². The van der Waals surface area contributed by atoms with Crippen molar-refractivity contribution in [2.24, 2.45) is 5.73 Å². The first-order valence-corrected chi connectivity index (χ1v) is 8.90. The molecule has 28 heavy (non-hydrogen) atoms. The number of methoxy groups -OCH3 is 1. The lowest BCUT2D eigenvalue weighted by molar-refractivity contribution is -0.117. The highest BCUT2D eigenvalue weighted by atomic mass is 16.5. The molecular formula is C20H22N4O4. The minimum atomic E-state index is -0.602. The summed E-state index contributed by atoms with van der Waals surface area (Å²) >= 11 is 0. The molecule has 0 unspecified atom stereocenters. The summed E-state index contributed by atoms with van der Waals surface area (Å²) in [6.45, 7) is 0.961. The van der Waals surface area contributed by atoms with Crippen LogP contribution >= 0.6 is 0 Å². The van der Waals surface area contributed by atoms with Gasteiger partial charge in [-0.05, 0) is 36.2 Å². The number of rotatable bonds is 6. The van der Waals surface area contributed by atoms with Crippen LogP contribution in [0.15, 0.2) is 42.5 Å². The van der Waals surface area contributed by atoms with Crippen molar-refractivity contribution in [3.05, 3.63) is 53.6 Å². The van der Waals surface area contributed by atoms with Gasteiger partial charge in [0.2, 0.25) is 5.91 Å². The van der Waals surface area contributed by atoms with Gasteiger partial charge in [0.25, 0.3) is 5.91 Å². The fourth-order valence-corrected chi connectivity index (χ4v) is 3.05. The maximum Gasteiger partial charge on any atom is 0.312 e. The first kappa shape index (κ1) is 19.2. The van der Waals surface area contributed by atoms with Crippen molar-refractivity contribution < 1.29 is 19.1 Å². The molecule has 4 amide bonds. The summed E-state index contributed by atoms with van der Waals surface area (Å²) in [5.74, 6) is 0.323. The van der Waals surface area contributed by atoms with Gasteiger partial charge in [0.05, 0.1) is 12.8 Å². The number of ether oxygens (including phenoxy) is 1. The fraction of sp³-hybridized carbons (Fsp3) is 0.250. The summed E-state index contributed by atoms with van der Waals surface area (Å²) < 4.78 is 5.41. The van der Waals surface area contributed by atoms with Crippen LogP contribution in [0.25, 0.3) is 0 Å². The first-order chi connectivity index (χ1) is 13.5. The summed E-state index contributed by atoms with van der Waals surface area (Å²) in [5.41, 5.74) is 7.61. The fourth-order valence-electron chi connectivity index (χ4n) is 3.05. The molecule has 1 aliphatic heterocycles. The van der Waals surface area contributed by atoms with E-state index in [4.69, 9.17) is 10.5 Å². The maximum absolute atomic E-state index is 12.5. The quantitative estimate of drug-likeness (QED) is 0.711. The zero-order valence-corrected chi connectivity index (χ0v) is 15.5. The molecule has 0 aliphatic carbocycles. The number of carbonyl (C=O) groups excluding carboxylic acids is 3. The van der Waals surface area contributed by atoms with Gasteiger partial charge < -0.3 is 26.0 Å². The van der Waals surface area contributed by atoms with E-state index >= 15 is 0 Å². The molecular weight excluding hydrogens is 360 g/mol. The van der Waals surface area contributed by atoms with Gasteiger partial charge in [-0.25, -0.2) is 4.79 Å². The van der Waals surface area contributed by atoms with E-state index in [1.807, 2.05) is 0 Å². The molecule has 1 saturated heterocycles.